The molecule has 0 unspecified atom stereocenters. The van der Waals surface area contributed by atoms with E-state index in [4.69, 9.17) is 0 Å². The summed E-state index contributed by atoms with van der Waals surface area (Å²) in [6, 6.07) is 0. The second-order valence-electron chi connectivity index (χ2n) is 1.48. The third-order valence-corrected chi connectivity index (χ3v) is 0.902. The Morgan fingerprint density at radius 1 is 1.00 bits per heavy atom. The Kier molecular flexibility index (Phi) is 0.619. The summed E-state index contributed by atoms with van der Waals surface area (Å²) in [6.45, 7) is 0. The van der Waals surface area contributed by atoms with Crippen molar-refractivity contribution in [2.24, 2.45) is 0 Å². The van der Waals surface area contributed by atoms with Gasteiger partial charge in [0.15, 0.2) is 0 Å². The minimum atomic E-state index is -4.37. The molecule has 0 N–H and O–H groups in total. The monoisotopic (exact) mass is 128 g/mol. The van der Waals surface area contributed by atoms with E-state index in [1.165, 1.54) is 0 Å². The highest BCUT2D eigenvalue weighted by Gasteiger charge is 2.86. The van der Waals surface area contributed by atoms with Gasteiger partial charge in [-0.15, -0.1) is 0 Å². The van der Waals surface area contributed by atoms with Gasteiger partial charge in [-0.2, -0.15) is 17.6 Å². The molecule has 0 spiro atoms. The molecular weight excluding hydrogens is 128 g/mol. The maximum absolute atomic E-state index is 11.2. The Bertz CT molecular complexity index is 133. The lowest BCUT2D eigenvalue weighted by molar-refractivity contribution is -0.118. The minimum Gasteiger partial charge on any atom is -0.286 e. The summed E-state index contributed by atoms with van der Waals surface area (Å²) in [5, 5.41) is 0. The van der Waals surface area contributed by atoms with E-state index in [9.17, 15) is 22.4 Å². The van der Waals surface area contributed by atoms with E-state index in [0.717, 1.165) is 0 Å². The Balaban J connectivity index is 2.88. The number of hydrogen-bond donors (Lipinski definition) is 0. The molecule has 5 heteroatoms. The maximum Gasteiger partial charge on any atom is 0.381 e. The van der Waals surface area contributed by atoms with Crippen LogP contribution in [0, 0.1) is 0 Å². The number of halogens is 4. The van der Waals surface area contributed by atoms with Gasteiger partial charge in [-0.05, 0) is 0 Å². The van der Waals surface area contributed by atoms with Crippen molar-refractivity contribution in [3.8, 4) is 0 Å². The van der Waals surface area contributed by atoms with Crippen molar-refractivity contribution in [3.05, 3.63) is 0 Å². The average Bonchev–Trinajstić information content (AvgIpc) is 1.88. The zero-order valence-corrected chi connectivity index (χ0v) is 3.42. The van der Waals surface area contributed by atoms with Crippen molar-refractivity contribution in [2.45, 2.75) is 11.8 Å². The molecule has 0 atom stereocenters. The van der Waals surface area contributed by atoms with Crippen LogP contribution in [0.1, 0.15) is 0 Å². The Labute approximate surface area is 41.3 Å². The Hall–Kier alpha value is -0.610. The van der Waals surface area contributed by atoms with Crippen LogP contribution in [0.3, 0.4) is 0 Å². The predicted octanol–water partition coefficient (Wildman–Crippen LogP) is 0.840. The lowest BCUT2D eigenvalue weighted by atomic mass is 10.8. The second-order valence-corrected chi connectivity index (χ2v) is 1.48. The van der Waals surface area contributed by atoms with Crippen LogP contribution < -0.4 is 0 Å². The maximum atomic E-state index is 11.2. The van der Waals surface area contributed by atoms with E-state index in [2.05, 4.69) is 0 Å². The first kappa shape index (κ1) is 5.53. The van der Waals surface area contributed by atoms with Gasteiger partial charge < -0.3 is 0 Å². The summed E-state index contributed by atoms with van der Waals surface area (Å²) < 4.78 is 44.8. The van der Waals surface area contributed by atoms with Crippen LogP contribution in [0.5, 0.6) is 0 Å². The second kappa shape index (κ2) is 0.897. The highest BCUT2D eigenvalue weighted by atomic mass is 19.3. The highest BCUT2D eigenvalue weighted by molar-refractivity contribution is 6.10. The van der Waals surface area contributed by atoms with Gasteiger partial charge in [0, 0.05) is 0 Å². The first-order chi connectivity index (χ1) is 3.40. The van der Waals surface area contributed by atoms with Crippen molar-refractivity contribution in [2.75, 3.05) is 0 Å². The number of ketones is 1. The number of Topliss-reactive ketones (excluding diaryl/α,β-unsaturated/α-hetero) is 1. The third kappa shape index (κ3) is 0.307. The van der Waals surface area contributed by atoms with Gasteiger partial charge in [-0.25, -0.2) is 0 Å². The van der Waals surface area contributed by atoms with E-state index in [0.29, 0.717) is 0 Å². The van der Waals surface area contributed by atoms with Crippen molar-refractivity contribution in [3.63, 3.8) is 0 Å². The molecule has 1 aliphatic rings. The molecule has 1 fully saturated rings. The van der Waals surface area contributed by atoms with Gasteiger partial charge in [0.1, 0.15) is 0 Å². The summed E-state index contributed by atoms with van der Waals surface area (Å²) in [4.78, 5) is 9.36. The van der Waals surface area contributed by atoms with Crippen LogP contribution in [0.4, 0.5) is 17.6 Å². The first-order valence-corrected chi connectivity index (χ1v) is 1.71. The van der Waals surface area contributed by atoms with Gasteiger partial charge in [0.25, 0.3) is 5.78 Å². The van der Waals surface area contributed by atoms with Crippen LogP contribution in [-0.4, -0.2) is 17.6 Å². The molecule has 46 valence electrons. The summed E-state index contributed by atoms with van der Waals surface area (Å²) in [5.41, 5.74) is 0. The van der Waals surface area contributed by atoms with E-state index in [1.54, 1.807) is 0 Å². The summed E-state index contributed by atoms with van der Waals surface area (Å²) >= 11 is 0. The lowest BCUT2D eigenvalue weighted by Crippen LogP contribution is -2.02. The molecule has 0 aromatic heterocycles. The predicted molar refractivity (Wildman–Crippen MR) is 14.9 cm³/mol. The summed E-state index contributed by atoms with van der Waals surface area (Å²) in [7, 11) is 0. The molecule has 0 aromatic rings. The number of alkyl halides is 4. The minimum absolute atomic E-state index is 2.27. The largest absolute Gasteiger partial charge is 0.381 e. The van der Waals surface area contributed by atoms with Crippen LogP contribution >= 0.6 is 0 Å². The topological polar surface area (TPSA) is 17.1 Å². The summed E-state index contributed by atoms with van der Waals surface area (Å²) in [6.07, 6.45) is 0. The van der Waals surface area contributed by atoms with E-state index in [1.807, 2.05) is 0 Å². The fraction of sp³-hybridized carbons (Fsp3) is 0.667. The van der Waals surface area contributed by atoms with Gasteiger partial charge in [0.2, 0.25) is 0 Å². The zero-order chi connectivity index (χ0) is 6.58. The molecule has 1 aliphatic carbocycles. The van der Waals surface area contributed by atoms with Gasteiger partial charge in [-0.1, -0.05) is 0 Å². The average molecular weight is 128 g/mol. The van der Waals surface area contributed by atoms with Crippen LogP contribution in [-0.2, 0) is 4.79 Å². The molecule has 0 aromatic carbocycles. The molecular formula is C3F4O. The number of carbonyl (C=O) groups excluding carboxylic acids is 1. The fourth-order valence-electron chi connectivity index (χ4n) is 0.269. The normalized spacial score (nSPS) is 30.2. The summed E-state index contributed by atoms with van der Waals surface area (Å²) in [5.74, 6) is -11.0. The van der Waals surface area contributed by atoms with Crippen molar-refractivity contribution in [1.82, 2.24) is 0 Å². The number of rotatable bonds is 0. The van der Waals surface area contributed by atoms with E-state index >= 15 is 0 Å². The van der Waals surface area contributed by atoms with Crippen LogP contribution in [0.15, 0.2) is 0 Å². The number of hydrogen-bond acceptors (Lipinski definition) is 1. The molecule has 1 rings (SSSR count). The first-order valence-electron chi connectivity index (χ1n) is 1.71. The van der Waals surface area contributed by atoms with Crippen molar-refractivity contribution < 1.29 is 22.4 Å². The Morgan fingerprint density at radius 2 is 1.12 bits per heavy atom. The fourth-order valence-corrected chi connectivity index (χ4v) is 0.269. The highest BCUT2D eigenvalue weighted by Crippen LogP contribution is 2.52. The molecule has 0 aliphatic heterocycles. The van der Waals surface area contributed by atoms with Crippen molar-refractivity contribution >= 4 is 5.78 Å². The zero-order valence-electron chi connectivity index (χ0n) is 3.42. The SMILES string of the molecule is O=C1C(F)(F)C1(F)F. The molecule has 0 radical (unpaired) electrons. The van der Waals surface area contributed by atoms with Crippen molar-refractivity contribution in [1.29, 1.82) is 0 Å². The van der Waals surface area contributed by atoms with Crippen LogP contribution in [0.2, 0.25) is 0 Å². The molecule has 8 heavy (non-hydrogen) atoms. The number of carbonyl (C=O) groups is 1. The van der Waals surface area contributed by atoms with Gasteiger partial charge in [-0.3, -0.25) is 4.79 Å². The molecule has 0 saturated heterocycles. The standard InChI is InChI=1S/C3F4O/c4-2(5)1(8)3(2,6)7. The third-order valence-electron chi connectivity index (χ3n) is 0.902. The van der Waals surface area contributed by atoms with Crippen LogP contribution in [0.25, 0.3) is 0 Å². The molecule has 0 amide bonds. The van der Waals surface area contributed by atoms with E-state index in [-0.39, 0.29) is 0 Å². The smallest absolute Gasteiger partial charge is 0.286 e. The molecule has 1 saturated carbocycles. The van der Waals surface area contributed by atoms with E-state index < -0.39 is 17.6 Å². The van der Waals surface area contributed by atoms with Gasteiger partial charge in [0.05, 0.1) is 0 Å². The quantitative estimate of drug-likeness (QED) is 0.442. The molecule has 0 heterocycles. The Morgan fingerprint density at radius 3 is 1.12 bits per heavy atom. The molecule has 1 nitrogen and oxygen atoms in total. The lowest BCUT2D eigenvalue weighted by Gasteiger charge is -1.83. The molecule has 0 bridgehead atoms. The van der Waals surface area contributed by atoms with Gasteiger partial charge >= 0.3 is 11.8 Å².